The third kappa shape index (κ3) is 2.25. The Labute approximate surface area is 79.6 Å². The average Bonchev–Trinajstić information content (AvgIpc) is 2.04. The lowest BCUT2D eigenvalue weighted by Gasteiger charge is -2.08. The molecule has 0 aliphatic carbocycles. The zero-order valence-electron chi connectivity index (χ0n) is 7.84. The lowest BCUT2D eigenvalue weighted by atomic mass is 10.00. The van der Waals surface area contributed by atoms with Crippen LogP contribution < -0.4 is 0 Å². The Morgan fingerprint density at radius 1 is 1.08 bits per heavy atom. The van der Waals surface area contributed by atoms with Crippen LogP contribution in [-0.2, 0) is 0 Å². The third-order valence-electron chi connectivity index (χ3n) is 2.04. The summed E-state index contributed by atoms with van der Waals surface area (Å²) >= 11 is 5.98. The summed E-state index contributed by atoms with van der Waals surface area (Å²) in [5, 5.41) is 0.115. The van der Waals surface area contributed by atoms with Gasteiger partial charge in [-0.25, -0.2) is 0 Å². The van der Waals surface area contributed by atoms with Gasteiger partial charge < -0.3 is 0 Å². The molecule has 0 aliphatic heterocycles. The van der Waals surface area contributed by atoms with E-state index in [1.165, 1.54) is 11.1 Å². The molecule has 0 radical (unpaired) electrons. The SMILES string of the molecule is CC(C)c1cccc(C(C)Cl)c1. The number of rotatable bonds is 2. The van der Waals surface area contributed by atoms with Crippen LogP contribution in [0.1, 0.15) is 43.2 Å². The van der Waals surface area contributed by atoms with Gasteiger partial charge in [0.1, 0.15) is 0 Å². The molecule has 1 aromatic rings. The summed E-state index contributed by atoms with van der Waals surface area (Å²) in [6.07, 6.45) is 0. The van der Waals surface area contributed by atoms with Crippen molar-refractivity contribution in [2.24, 2.45) is 0 Å². The molecule has 0 aliphatic rings. The fourth-order valence-electron chi connectivity index (χ4n) is 1.17. The maximum absolute atomic E-state index is 5.98. The Hall–Kier alpha value is -0.490. The Balaban J connectivity index is 2.96. The summed E-state index contributed by atoms with van der Waals surface area (Å²) in [5.41, 5.74) is 2.57. The van der Waals surface area contributed by atoms with Gasteiger partial charge in [-0.1, -0.05) is 38.1 Å². The van der Waals surface area contributed by atoms with Crippen LogP contribution in [0.4, 0.5) is 0 Å². The molecule has 1 unspecified atom stereocenters. The summed E-state index contributed by atoms with van der Waals surface area (Å²) < 4.78 is 0. The van der Waals surface area contributed by atoms with Crippen molar-refractivity contribution in [3.63, 3.8) is 0 Å². The van der Waals surface area contributed by atoms with E-state index >= 15 is 0 Å². The van der Waals surface area contributed by atoms with Crippen molar-refractivity contribution >= 4 is 11.6 Å². The van der Waals surface area contributed by atoms with Crippen LogP contribution in [0.25, 0.3) is 0 Å². The summed E-state index contributed by atoms with van der Waals surface area (Å²) in [6, 6.07) is 8.48. The second-order valence-corrected chi connectivity index (χ2v) is 4.10. The fraction of sp³-hybridized carbons (Fsp3) is 0.455. The Kier molecular flexibility index (Phi) is 3.16. The van der Waals surface area contributed by atoms with Gasteiger partial charge in [0.15, 0.2) is 0 Å². The number of alkyl halides is 1. The molecular formula is C11H15Cl. The second-order valence-electron chi connectivity index (χ2n) is 3.44. The van der Waals surface area contributed by atoms with E-state index < -0.39 is 0 Å². The lowest BCUT2D eigenvalue weighted by molar-refractivity contribution is 0.861. The van der Waals surface area contributed by atoms with Crippen molar-refractivity contribution in [1.29, 1.82) is 0 Å². The minimum atomic E-state index is 0.115. The number of hydrogen-bond acceptors (Lipinski definition) is 0. The van der Waals surface area contributed by atoms with Crippen molar-refractivity contribution in [1.82, 2.24) is 0 Å². The monoisotopic (exact) mass is 182 g/mol. The maximum Gasteiger partial charge on any atom is 0.0557 e. The molecule has 0 nitrogen and oxygen atoms in total. The van der Waals surface area contributed by atoms with Crippen LogP contribution in [0.5, 0.6) is 0 Å². The highest BCUT2D eigenvalue weighted by Crippen LogP contribution is 2.23. The minimum Gasteiger partial charge on any atom is -0.118 e. The first-order valence-corrected chi connectivity index (χ1v) is 4.79. The number of halogens is 1. The van der Waals surface area contributed by atoms with Crippen LogP contribution in [0, 0.1) is 0 Å². The minimum absolute atomic E-state index is 0.115. The van der Waals surface area contributed by atoms with Gasteiger partial charge in [0, 0.05) is 0 Å². The van der Waals surface area contributed by atoms with Crippen LogP contribution in [0.2, 0.25) is 0 Å². The van der Waals surface area contributed by atoms with E-state index in [4.69, 9.17) is 11.6 Å². The van der Waals surface area contributed by atoms with E-state index in [9.17, 15) is 0 Å². The summed E-state index contributed by atoms with van der Waals surface area (Å²) in [7, 11) is 0. The van der Waals surface area contributed by atoms with Crippen molar-refractivity contribution < 1.29 is 0 Å². The molecule has 1 rings (SSSR count). The molecule has 0 N–H and O–H groups in total. The predicted molar refractivity (Wildman–Crippen MR) is 54.8 cm³/mol. The molecule has 1 aromatic carbocycles. The zero-order valence-corrected chi connectivity index (χ0v) is 8.60. The molecule has 1 heteroatoms. The van der Waals surface area contributed by atoms with Gasteiger partial charge in [-0.05, 0) is 24.0 Å². The molecular weight excluding hydrogens is 168 g/mol. The smallest absolute Gasteiger partial charge is 0.0557 e. The lowest BCUT2D eigenvalue weighted by Crippen LogP contribution is -1.90. The second kappa shape index (κ2) is 3.95. The zero-order chi connectivity index (χ0) is 9.14. The average molecular weight is 183 g/mol. The summed E-state index contributed by atoms with van der Waals surface area (Å²) in [5.74, 6) is 0.584. The van der Waals surface area contributed by atoms with E-state index in [0.717, 1.165) is 0 Å². The van der Waals surface area contributed by atoms with Crippen LogP contribution in [0.3, 0.4) is 0 Å². The van der Waals surface area contributed by atoms with E-state index in [1.54, 1.807) is 0 Å². The van der Waals surface area contributed by atoms with E-state index in [1.807, 2.05) is 6.92 Å². The van der Waals surface area contributed by atoms with Crippen molar-refractivity contribution in [2.75, 3.05) is 0 Å². The Morgan fingerprint density at radius 3 is 2.17 bits per heavy atom. The molecule has 0 fully saturated rings. The molecule has 12 heavy (non-hydrogen) atoms. The van der Waals surface area contributed by atoms with E-state index in [0.29, 0.717) is 5.92 Å². The first kappa shape index (κ1) is 9.60. The predicted octanol–water partition coefficient (Wildman–Crippen LogP) is 4.11. The molecule has 0 spiro atoms. The number of hydrogen-bond donors (Lipinski definition) is 0. The Bertz CT molecular complexity index is 228. The normalized spacial score (nSPS) is 13.4. The fourth-order valence-corrected chi connectivity index (χ4v) is 1.30. The summed E-state index contributed by atoms with van der Waals surface area (Å²) in [6.45, 7) is 6.39. The molecule has 66 valence electrons. The largest absolute Gasteiger partial charge is 0.118 e. The molecule has 0 heterocycles. The molecule has 0 saturated heterocycles. The third-order valence-corrected chi connectivity index (χ3v) is 2.29. The number of benzene rings is 1. The topological polar surface area (TPSA) is 0 Å². The maximum atomic E-state index is 5.98. The van der Waals surface area contributed by atoms with Gasteiger partial charge in [0.05, 0.1) is 5.38 Å². The van der Waals surface area contributed by atoms with Crippen LogP contribution >= 0.6 is 11.6 Å². The summed E-state index contributed by atoms with van der Waals surface area (Å²) in [4.78, 5) is 0. The molecule has 0 saturated carbocycles. The first-order valence-electron chi connectivity index (χ1n) is 4.35. The Morgan fingerprint density at radius 2 is 1.67 bits per heavy atom. The molecule has 1 atom stereocenters. The van der Waals surface area contributed by atoms with E-state index in [-0.39, 0.29) is 5.38 Å². The molecule has 0 bridgehead atoms. The van der Waals surface area contributed by atoms with Gasteiger partial charge >= 0.3 is 0 Å². The van der Waals surface area contributed by atoms with Crippen molar-refractivity contribution in [3.05, 3.63) is 35.4 Å². The van der Waals surface area contributed by atoms with Gasteiger partial charge in [0.25, 0.3) is 0 Å². The highest BCUT2D eigenvalue weighted by Gasteiger charge is 2.03. The van der Waals surface area contributed by atoms with Gasteiger partial charge in [-0.3, -0.25) is 0 Å². The van der Waals surface area contributed by atoms with Crippen LogP contribution in [-0.4, -0.2) is 0 Å². The standard InChI is InChI=1S/C11H15Cl/c1-8(2)10-5-4-6-11(7-10)9(3)12/h4-9H,1-3H3. The quantitative estimate of drug-likeness (QED) is 0.604. The highest BCUT2D eigenvalue weighted by atomic mass is 35.5. The molecule has 0 aromatic heterocycles. The highest BCUT2D eigenvalue weighted by molar-refractivity contribution is 6.20. The van der Waals surface area contributed by atoms with Gasteiger partial charge in [0.2, 0.25) is 0 Å². The van der Waals surface area contributed by atoms with Crippen molar-refractivity contribution in [3.8, 4) is 0 Å². The van der Waals surface area contributed by atoms with Crippen LogP contribution in [0.15, 0.2) is 24.3 Å². The van der Waals surface area contributed by atoms with Crippen molar-refractivity contribution in [2.45, 2.75) is 32.1 Å². The van der Waals surface area contributed by atoms with Gasteiger partial charge in [-0.15, -0.1) is 11.6 Å². The molecule has 0 amide bonds. The first-order chi connectivity index (χ1) is 5.61. The van der Waals surface area contributed by atoms with E-state index in [2.05, 4.69) is 38.1 Å². The van der Waals surface area contributed by atoms with Gasteiger partial charge in [-0.2, -0.15) is 0 Å².